The van der Waals surface area contributed by atoms with Gasteiger partial charge in [0.15, 0.2) is 0 Å². The van der Waals surface area contributed by atoms with E-state index in [4.69, 9.17) is 4.42 Å². The molecule has 30 heavy (non-hydrogen) atoms. The number of hydrogen-bond acceptors (Lipinski definition) is 4. The summed E-state index contributed by atoms with van der Waals surface area (Å²) in [6, 6.07) is 8.20. The van der Waals surface area contributed by atoms with Crippen molar-refractivity contribution < 1.29 is 9.52 Å². The Kier molecular flexibility index (Phi) is 4.53. The fourth-order valence-electron chi connectivity index (χ4n) is 4.45. The summed E-state index contributed by atoms with van der Waals surface area (Å²) in [4.78, 5) is 17.5. The van der Waals surface area contributed by atoms with Gasteiger partial charge in [-0.05, 0) is 99.1 Å². The normalized spacial score (nSPS) is 16.1. The second kappa shape index (κ2) is 7.12. The summed E-state index contributed by atoms with van der Waals surface area (Å²) in [6.07, 6.45) is 7.77. The van der Waals surface area contributed by atoms with Gasteiger partial charge < -0.3 is 9.52 Å². The Labute approximate surface area is 176 Å². The number of nitrogens with zero attached hydrogens (tertiary/aromatic N) is 1. The fourth-order valence-corrected chi connectivity index (χ4v) is 4.45. The zero-order chi connectivity index (χ0) is 21.0. The van der Waals surface area contributed by atoms with Crippen LogP contribution in [-0.2, 0) is 6.42 Å². The predicted molar refractivity (Wildman–Crippen MR) is 118 cm³/mol. The largest absolute Gasteiger partial charge is 0.507 e. The van der Waals surface area contributed by atoms with E-state index in [1.165, 1.54) is 31.2 Å². The highest BCUT2D eigenvalue weighted by Crippen LogP contribution is 2.44. The Morgan fingerprint density at radius 3 is 2.30 bits per heavy atom. The highest BCUT2D eigenvalue weighted by atomic mass is 16.4. The molecule has 5 rings (SSSR count). The maximum absolute atomic E-state index is 13.0. The molecule has 1 aromatic carbocycles. The van der Waals surface area contributed by atoms with Crippen LogP contribution in [0.25, 0.3) is 22.5 Å². The van der Waals surface area contributed by atoms with Gasteiger partial charge in [-0.2, -0.15) is 0 Å². The van der Waals surface area contributed by atoms with Crippen LogP contribution in [0.5, 0.6) is 5.75 Å². The molecule has 0 radical (unpaired) electrons. The van der Waals surface area contributed by atoms with E-state index in [1.807, 2.05) is 26.0 Å². The molecule has 2 saturated carbocycles. The third-order valence-electron chi connectivity index (χ3n) is 6.47. The molecule has 4 nitrogen and oxygen atoms in total. The summed E-state index contributed by atoms with van der Waals surface area (Å²) in [6.45, 7) is 5.79. The first-order valence-corrected chi connectivity index (χ1v) is 10.9. The second-order valence-electron chi connectivity index (χ2n) is 9.06. The smallest absolute Gasteiger partial charge is 0.348 e. The first-order chi connectivity index (χ1) is 14.4. The van der Waals surface area contributed by atoms with Gasteiger partial charge in [-0.3, -0.25) is 4.98 Å². The highest BCUT2D eigenvalue weighted by molar-refractivity contribution is 5.79. The van der Waals surface area contributed by atoms with Crippen LogP contribution in [0.1, 0.15) is 59.5 Å². The van der Waals surface area contributed by atoms with Crippen molar-refractivity contribution in [1.29, 1.82) is 0 Å². The summed E-state index contributed by atoms with van der Waals surface area (Å²) in [5.41, 5.74) is 6.17. The first-order valence-electron chi connectivity index (χ1n) is 10.9. The lowest BCUT2D eigenvalue weighted by atomic mass is 9.91. The van der Waals surface area contributed by atoms with Crippen molar-refractivity contribution in [3.8, 4) is 28.2 Å². The maximum Gasteiger partial charge on any atom is 0.348 e. The van der Waals surface area contributed by atoms with Crippen LogP contribution in [0.3, 0.4) is 0 Å². The monoisotopic (exact) mass is 401 g/mol. The Morgan fingerprint density at radius 1 is 1.03 bits per heavy atom. The van der Waals surface area contributed by atoms with Crippen molar-refractivity contribution in [2.75, 3.05) is 0 Å². The molecule has 0 spiro atoms. The van der Waals surface area contributed by atoms with Gasteiger partial charge in [0.2, 0.25) is 0 Å². The lowest BCUT2D eigenvalue weighted by Gasteiger charge is -2.15. The quantitative estimate of drug-likeness (QED) is 0.584. The minimum Gasteiger partial charge on any atom is -0.507 e. The average Bonchev–Trinajstić information content (AvgIpc) is 3.61. The van der Waals surface area contributed by atoms with Gasteiger partial charge in [-0.1, -0.05) is 12.1 Å². The molecule has 4 heteroatoms. The van der Waals surface area contributed by atoms with Gasteiger partial charge in [0, 0.05) is 23.0 Å². The number of rotatable bonds is 5. The van der Waals surface area contributed by atoms with Crippen LogP contribution in [-0.4, -0.2) is 10.1 Å². The molecule has 2 fully saturated rings. The van der Waals surface area contributed by atoms with Crippen molar-refractivity contribution in [3.05, 3.63) is 68.8 Å². The summed E-state index contributed by atoms with van der Waals surface area (Å²) in [5, 5.41) is 11.0. The van der Waals surface area contributed by atoms with Gasteiger partial charge in [0.1, 0.15) is 17.1 Å². The molecule has 0 aliphatic heterocycles. The molecule has 154 valence electrons. The third kappa shape index (κ3) is 3.45. The number of hydrogen-bond donors (Lipinski definition) is 1. The van der Waals surface area contributed by atoms with E-state index in [-0.39, 0.29) is 11.3 Å². The summed E-state index contributed by atoms with van der Waals surface area (Å²) in [7, 11) is 0. The molecule has 3 aromatic rings. The maximum atomic E-state index is 13.0. The number of pyridine rings is 1. The number of aryl methyl sites for hydroxylation is 2. The molecule has 0 atom stereocenters. The molecule has 1 N–H and O–H groups in total. The zero-order valence-electron chi connectivity index (χ0n) is 17.8. The summed E-state index contributed by atoms with van der Waals surface area (Å²) in [5.74, 6) is 1.79. The molecule has 0 amide bonds. The molecule has 0 saturated heterocycles. The van der Waals surface area contributed by atoms with Crippen molar-refractivity contribution in [1.82, 2.24) is 4.98 Å². The SMILES string of the molecule is Cc1cc(C2CC2)cc(C)c1-c1c(O)c(C)c(-c2ccc(CC3CC3)nc2)oc1=O. The predicted octanol–water partition coefficient (Wildman–Crippen LogP) is 5.83. The standard InChI is InChI=1S/C26H27NO3/c1-14-10-20(18-6-7-18)11-15(2)22(14)23-24(28)16(3)25(30-26(23)29)19-8-9-21(27-13-19)12-17-4-5-17/h8-11,13,17-18,28H,4-7,12H2,1-3H3. The Bertz CT molecular complexity index is 1160. The molecule has 2 aromatic heterocycles. The lowest BCUT2D eigenvalue weighted by molar-refractivity contribution is 0.450. The van der Waals surface area contributed by atoms with Crippen molar-refractivity contribution >= 4 is 0 Å². The molecule has 0 unspecified atom stereocenters. The Hall–Kier alpha value is -2.88. The first kappa shape index (κ1) is 19.1. The Balaban J connectivity index is 1.56. The Morgan fingerprint density at radius 2 is 1.73 bits per heavy atom. The van der Waals surface area contributed by atoms with Crippen LogP contribution in [0.4, 0.5) is 0 Å². The van der Waals surface area contributed by atoms with E-state index in [1.54, 1.807) is 13.1 Å². The van der Waals surface area contributed by atoms with E-state index >= 15 is 0 Å². The van der Waals surface area contributed by atoms with E-state index in [0.717, 1.165) is 34.7 Å². The van der Waals surface area contributed by atoms with Crippen molar-refractivity contribution in [2.24, 2.45) is 5.92 Å². The summed E-state index contributed by atoms with van der Waals surface area (Å²) >= 11 is 0. The topological polar surface area (TPSA) is 63.3 Å². The molecule has 2 aliphatic rings. The third-order valence-corrected chi connectivity index (χ3v) is 6.47. The molecule has 2 heterocycles. The fraction of sp³-hybridized carbons (Fsp3) is 0.385. The van der Waals surface area contributed by atoms with Gasteiger partial charge in [-0.25, -0.2) is 4.79 Å². The number of benzene rings is 1. The lowest BCUT2D eigenvalue weighted by Crippen LogP contribution is -2.08. The zero-order valence-corrected chi connectivity index (χ0v) is 17.8. The summed E-state index contributed by atoms with van der Waals surface area (Å²) < 4.78 is 5.74. The van der Waals surface area contributed by atoms with Crippen LogP contribution in [0.15, 0.2) is 39.7 Å². The van der Waals surface area contributed by atoms with Gasteiger partial charge >= 0.3 is 5.63 Å². The molecular weight excluding hydrogens is 374 g/mol. The van der Waals surface area contributed by atoms with E-state index in [2.05, 4.69) is 17.1 Å². The van der Waals surface area contributed by atoms with Gasteiger partial charge in [0.25, 0.3) is 0 Å². The van der Waals surface area contributed by atoms with E-state index < -0.39 is 5.63 Å². The highest BCUT2D eigenvalue weighted by Gasteiger charge is 2.27. The minimum atomic E-state index is -0.513. The number of aromatic nitrogens is 1. The van der Waals surface area contributed by atoms with Gasteiger partial charge in [-0.15, -0.1) is 0 Å². The molecule has 0 bridgehead atoms. The van der Waals surface area contributed by atoms with Crippen molar-refractivity contribution in [3.63, 3.8) is 0 Å². The van der Waals surface area contributed by atoms with Crippen LogP contribution >= 0.6 is 0 Å². The van der Waals surface area contributed by atoms with E-state index in [9.17, 15) is 9.90 Å². The molecular formula is C26H27NO3. The van der Waals surface area contributed by atoms with Gasteiger partial charge in [0.05, 0.1) is 0 Å². The molecule has 2 aliphatic carbocycles. The average molecular weight is 402 g/mol. The second-order valence-corrected chi connectivity index (χ2v) is 9.06. The van der Waals surface area contributed by atoms with Crippen LogP contribution in [0.2, 0.25) is 0 Å². The van der Waals surface area contributed by atoms with Crippen molar-refractivity contribution in [2.45, 2.75) is 58.8 Å². The number of aromatic hydroxyl groups is 1. The van der Waals surface area contributed by atoms with Crippen LogP contribution in [0, 0.1) is 26.7 Å². The van der Waals surface area contributed by atoms with E-state index in [0.29, 0.717) is 22.8 Å². The van der Waals surface area contributed by atoms with Crippen LogP contribution < -0.4 is 5.63 Å². The minimum absolute atomic E-state index is 0.00585.